The minimum atomic E-state index is -0.664. The summed E-state index contributed by atoms with van der Waals surface area (Å²) in [5, 5.41) is 12.8. The van der Waals surface area contributed by atoms with E-state index in [1.54, 1.807) is 11.0 Å². The van der Waals surface area contributed by atoms with Gasteiger partial charge in [0.15, 0.2) is 11.4 Å². The number of nitrogens with one attached hydrogen (secondary N) is 2. The number of aliphatic hydroxyl groups excluding tert-OH is 1. The number of rotatable bonds is 4. The van der Waals surface area contributed by atoms with E-state index in [4.69, 9.17) is 9.15 Å². The molecule has 3 heterocycles. The van der Waals surface area contributed by atoms with Crippen LogP contribution in [0.25, 0.3) is 22.0 Å². The van der Waals surface area contributed by atoms with Gasteiger partial charge in [-0.15, -0.1) is 0 Å². The predicted molar refractivity (Wildman–Crippen MR) is 141 cm³/mol. The molecule has 2 aromatic carbocycles. The van der Waals surface area contributed by atoms with Crippen molar-refractivity contribution in [1.29, 1.82) is 0 Å². The van der Waals surface area contributed by atoms with Crippen LogP contribution in [0.15, 0.2) is 34.7 Å². The number of aliphatic hydroxyl groups is 1. The first-order valence-corrected chi connectivity index (χ1v) is 12.4. The van der Waals surface area contributed by atoms with Crippen molar-refractivity contribution in [2.75, 3.05) is 36.4 Å². The van der Waals surface area contributed by atoms with Crippen molar-refractivity contribution in [2.45, 2.75) is 39.9 Å². The number of hydrogen-bond donors (Lipinski definition) is 3. The van der Waals surface area contributed by atoms with Crippen LogP contribution in [0.3, 0.4) is 0 Å². The summed E-state index contributed by atoms with van der Waals surface area (Å²) < 4.78 is 25.4. The van der Waals surface area contributed by atoms with Gasteiger partial charge >= 0.3 is 6.09 Å². The maximum Gasteiger partial charge on any atom is 0.410 e. The van der Waals surface area contributed by atoms with E-state index in [1.807, 2.05) is 39.8 Å². The maximum atomic E-state index is 14.5. The molecule has 0 spiro atoms. The van der Waals surface area contributed by atoms with Crippen molar-refractivity contribution < 1.29 is 28.2 Å². The van der Waals surface area contributed by atoms with Gasteiger partial charge in [-0.2, -0.15) is 0 Å². The molecule has 3 N–H and O–H groups in total. The third kappa shape index (κ3) is 5.01. The largest absolute Gasteiger partial charge is 0.444 e. The molecule has 1 fully saturated rings. The standard InChI is InChI=1S/C27H30FN5O5/c1-15-11-18-20(32-7-9-33(10-8-32)26(36)38-27(2,3)4)6-5-17(23(18)29-15)25(35)30-16-12-19(28)24-21(13-16)37-22(14-34)31-24/h5-6,11-13,29,34H,7-10,14H2,1-4H3,(H,30,35). The van der Waals surface area contributed by atoms with Crippen molar-refractivity contribution in [3.63, 3.8) is 0 Å². The zero-order valence-electron chi connectivity index (χ0n) is 21.7. The molecule has 2 amide bonds. The Morgan fingerprint density at radius 1 is 1.18 bits per heavy atom. The van der Waals surface area contributed by atoms with Crippen molar-refractivity contribution in [1.82, 2.24) is 14.9 Å². The monoisotopic (exact) mass is 523 g/mol. The van der Waals surface area contributed by atoms with Gasteiger partial charge in [0.25, 0.3) is 5.91 Å². The number of carbonyl (C=O) groups is 2. The molecule has 0 aliphatic carbocycles. The van der Waals surface area contributed by atoms with E-state index in [0.29, 0.717) is 37.3 Å². The molecule has 1 saturated heterocycles. The van der Waals surface area contributed by atoms with Gasteiger partial charge in [-0.05, 0) is 52.0 Å². The van der Waals surface area contributed by atoms with Gasteiger partial charge in [0.2, 0.25) is 5.89 Å². The number of nitrogens with zero attached hydrogens (tertiary/aromatic N) is 3. The first kappa shape index (κ1) is 25.5. The average molecular weight is 524 g/mol. The minimum absolute atomic E-state index is 0.00605. The summed E-state index contributed by atoms with van der Waals surface area (Å²) in [7, 11) is 0. The lowest BCUT2D eigenvalue weighted by Gasteiger charge is -2.37. The summed E-state index contributed by atoms with van der Waals surface area (Å²) >= 11 is 0. The summed E-state index contributed by atoms with van der Waals surface area (Å²) in [6, 6.07) is 8.24. The number of hydrogen-bond acceptors (Lipinski definition) is 7. The van der Waals surface area contributed by atoms with Gasteiger partial charge in [-0.1, -0.05) is 0 Å². The summed E-state index contributed by atoms with van der Waals surface area (Å²) in [5.41, 5.74) is 2.69. The number of aryl methyl sites for hydroxylation is 1. The molecule has 1 aliphatic heterocycles. The highest BCUT2D eigenvalue weighted by Gasteiger charge is 2.27. The molecule has 10 nitrogen and oxygen atoms in total. The van der Waals surface area contributed by atoms with Crippen molar-refractivity contribution in [3.8, 4) is 0 Å². The van der Waals surface area contributed by atoms with Crippen LogP contribution in [0.2, 0.25) is 0 Å². The molecule has 1 aliphatic rings. The molecule has 0 saturated carbocycles. The second-order valence-electron chi connectivity index (χ2n) is 10.4. The summed E-state index contributed by atoms with van der Waals surface area (Å²) in [6.45, 7) is 9.29. The number of halogens is 1. The first-order valence-electron chi connectivity index (χ1n) is 12.4. The van der Waals surface area contributed by atoms with E-state index in [2.05, 4.69) is 20.2 Å². The summed E-state index contributed by atoms with van der Waals surface area (Å²) in [4.78, 5) is 36.8. The number of H-pyrrole nitrogens is 1. The first-order chi connectivity index (χ1) is 18.0. The van der Waals surface area contributed by atoms with Crippen LogP contribution < -0.4 is 10.2 Å². The lowest BCUT2D eigenvalue weighted by molar-refractivity contribution is 0.0240. The molecule has 5 rings (SSSR count). The number of piperazine rings is 1. The third-order valence-corrected chi connectivity index (χ3v) is 6.31. The number of anilines is 2. The average Bonchev–Trinajstić information content (AvgIpc) is 3.45. The Kier molecular flexibility index (Phi) is 6.47. The second kappa shape index (κ2) is 9.64. The fraction of sp³-hybridized carbons (Fsp3) is 0.370. The fourth-order valence-electron chi connectivity index (χ4n) is 4.63. The third-order valence-electron chi connectivity index (χ3n) is 6.31. The Labute approximate surface area is 218 Å². The van der Waals surface area contributed by atoms with Gasteiger partial charge in [0.05, 0.1) is 11.1 Å². The highest BCUT2D eigenvalue weighted by atomic mass is 19.1. The maximum absolute atomic E-state index is 14.5. The minimum Gasteiger partial charge on any atom is -0.444 e. The van der Waals surface area contributed by atoms with Gasteiger partial charge < -0.3 is 34.4 Å². The van der Waals surface area contributed by atoms with E-state index in [-0.39, 0.29) is 28.8 Å². The number of aromatic nitrogens is 2. The van der Waals surface area contributed by atoms with Crippen LogP contribution in [0.5, 0.6) is 0 Å². The molecule has 38 heavy (non-hydrogen) atoms. The number of fused-ring (bicyclic) bond motifs is 2. The van der Waals surface area contributed by atoms with Gasteiger partial charge in [0.1, 0.15) is 17.7 Å². The molecule has 0 radical (unpaired) electrons. The van der Waals surface area contributed by atoms with Crippen molar-refractivity contribution in [3.05, 3.63) is 53.3 Å². The highest BCUT2D eigenvalue weighted by molar-refractivity contribution is 6.14. The van der Waals surface area contributed by atoms with Crippen LogP contribution in [-0.4, -0.2) is 63.8 Å². The molecule has 4 aromatic rings. The van der Waals surface area contributed by atoms with Crippen molar-refractivity contribution in [2.24, 2.45) is 0 Å². The van der Waals surface area contributed by atoms with E-state index < -0.39 is 23.9 Å². The van der Waals surface area contributed by atoms with Crippen LogP contribution in [0, 0.1) is 12.7 Å². The highest BCUT2D eigenvalue weighted by Crippen LogP contribution is 2.32. The molecule has 2 aromatic heterocycles. The van der Waals surface area contributed by atoms with Crippen LogP contribution >= 0.6 is 0 Å². The Morgan fingerprint density at radius 2 is 1.92 bits per heavy atom. The number of benzene rings is 2. The zero-order valence-corrected chi connectivity index (χ0v) is 21.7. The number of ether oxygens (including phenoxy) is 1. The fourth-order valence-corrected chi connectivity index (χ4v) is 4.63. The van der Waals surface area contributed by atoms with Crippen LogP contribution in [0.4, 0.5) is 20.6 Å². The van der Waals surface area contributed by atoms with Crippen LogP contribution in [0.1, 0.15) is 42.7 Å². The van der Waals surface area contributed by atoms with E-state index in [1.165, 1.54) is 12.1 Å². The molecule has 0 bridgehead atoms. The number of amides is 2. The molecular formula is C27H30FN5O5. The summed E-state index contributed by atoms with van der Waals surface area (Å²) in [6.07, 6.45) is -0.320. The molecule has 0 atom stereocenters. The Morgan fingerprint density at radius 3 is 2.61 bits per heavy atom. The van der Waals surface area contributed by atoms with E-state index in [0.717, 1.165) is 16.8 Å². The van der Waals surface area contributed by atoms with E-state index >= 15 is 0 Å². The van der Waals surface area contributed by atoms with Crippen molar-refractivity contribution >= 4 is 45.4 Å². The molecule has 11 heteroatoms. The summed E-state index contributed by atoms with van der Waals surface area (Å²) in [5.74, 6) is -1.09. The second-order valence-corrected chi connectivity index (χ2v) is 10.4. The molecule has 0 unspecified atom stereocenters. The number of aromatic amines is 1. The lowest BCUT2D eigenvalue weighted by atomic mass is 10.1. The van der Waals surface area contributed by atoms with E-state index in [9.17, 15) is 19.1 Å². The lowest BCUT2D eigenvalue weighted by Crippen LogP contribution is -2.50. The Balaban J connectivity index is 1.37. The smallest absolute Gasteiger partial charge is 0.410 e. The Bertz CT molecular complexity index is 1530. The predicted octanol–water partition coefficient (Wildman–Crippen LogP) is 4.56. The topological polar surface area (TPSA) is 124 Å². The zero-order chi connectivity index (χ0) is 27.2. The van der Waals surface area contributed by atoms with Gasteiger partial charge in [-0.25, -0.2) is 14.2 Å². The normalized spacial score (nSPS) is 14.4. The SMILES string of the molecule is Cc1cc2c(N3CCN(C(=O)OC(C)(C)C)CC3)ccc(C(=O)Nc3cc(F)c4nc(CO)oc4c3)c2[nH]1. The Hall–Kier alpha value is -4.12. The molecule has 200 valence electrons. The van der Waals surface area contributed by atoms with Gasteiger partial charge in [0, 0.05) is 54.7 Å². The van der Waals surface area contributed by atoms with Gasteiger partial charge in [-0.3, -0.25) is 4.79 Å². The number of carbonyl (C=O) groups excluding carboxylic acids is 2. The quantitative estimate of drug-likeness (QED) is 0.358. The van der Waals surface area contributed by atoms with Crippen LogP contribution in [-0.2, 0) is 11.3 Å². The molecular weight excluding hydrogens is 493 g/mol. The number of oxazole rings is 1.